The molecule has 142 valence electrons. The largest absolute Gasteiger partial charge is 0.317 e. The lowest BCUT2D eigenvalue weighted by Crippen LogP contribution is -2.16. The van der Waals surface area contributed by atoms with E-state index in [-0.39, 0.29) is 17.2 Å². The first-order valence-electron chi connectivity index (χ1n) is 8.81. The van der Waals surface area contributed by atoms with Crippen molar-refractivity contribution >= 4 is 37.3 Å². The molecule has 0 unspecified atom stereocenters. The highest BCUT2D eigenvalue weighted by molar-refractivity contribution is 7.92. The number of benzene rings is 2. The molecule has 0 fully saturated rings. The second kappa shape index (κ2) is 7.78. The van der Waals surface area contributed by atoms with Crippen molar-refractivity contribution < 1.29 is 13.2 Å². The summed E-state index contributed by atoms with van der Waals surface area (Å²) in [6.07, 6.45) is 0.139. The molecule has 1 aromatic heterocycles. The maximum Gasteiger partial charge on any atom is 0.252 e. The van der Waals surface area contributed by atoms with Crippen molar-refractivity contribution in [2.75, 3.05) is 0 Å². The maximum absolute atomic E-state index is 12.4. The van der Waals surface area contributed by atoms with Crippen LogP contribution in [0.5, 0.6) is 0 Å². The Morgan fingerprint density at radius 3 is 2.41 bits per heavy atom. The standard InChI is InChI=1S/C20H22N2O3S2/c1-4-22-17-7-5-6-8-18(17)26-20(22)21-19(23)13-15-9-11-16(12-10-15)27(24,25)14(2)3/h5-12,14H,4,13H2,1-3H3. The lowest BCUT2D eigenvalue weighted by Gasteiger charge is -2.08. The number of carbonyl (C=O) groups excluding carboxylic acids is 1. The number of carbonyl (C=O) groups is 1. The number of aryl methyl sites for hydroxylation is 1. The fourth-order valence-electron chi connectivity index (χ4n) is 2.80. The third-order valence-electron chi connectivity index (χ3n) is 4.35. The van der Waals surface area contributed by atoms with Crippen LogP contribution < -0.4 is 4.80 Å². The molecule has 0 radical (unpaired) electrons. The molecule has 0 bridgehead atoms. The number of sulfone groups is 1. The monoisotopic (exact) mass is 402 g/mol. The number of aromatic nitrogens is 1. The molecule has 0 aliphatic carbocycles. The van der Waals surface area contributed by atoms with E-state index in [1.807, 2.05) is 35.8 Å². The summed E-state index contributed by atoms with van der Waals surface area (Å²) in [5, 5.41) is -0.475. The Balaban J connectivity index is 1.85. The van der Waals surface area contributed by atoms with Crippen LogP contribution in [0.15, 0.2) is 58.4 Å². The van der Waals surface area contributed by atoms with Gasteiger partial charge in [-0.1, -0.05) is 35.6 Å². The smallest absolute Gasteiger partial charge is 0.252 e. The second-order valence-electron chi connectivity index (χ2n) is 6.52. The van der Waals surface area contributed by atoms with Gasteiger partial charge in [-0.05, 0) is 50.6 Å². The van der Waals surface area contributed by atoms with Gasteiger partial charge in [0.1, 0.15) is 0 Å². The number of thiazole rings is 1. The molecule has 0 spiro atoms. The molecular weight excluding hydrogens is 380 g/mol. The van der Waals surface area contributed by atoms with Crippen LogP contribution in [0.1, 0.15) is 26.3 Å². The van der Waals surface area contributed by atoms with Crippen LogP contribution in [0.25, 0.3) is 10.2 Å². The Morgan fingerprint density at radius 2 is 1.78 bits per heavy atom. The van der Waals surface area contributed by atoms with Gasteiger partial charge in [-0.15, -0.1) is 0 Å². The van der Waals surface area contributed by atoms with Gasteiger partial charge in [0.15, 0.2) is 14.6 Å². The van der Waals surface area contributed by atoms with Gasteiger partial charge in [0, 0.05) is 6.54 Å². The van der Waals surface area contributed by atoms with E-state index in [9.17, 15) is 13.2 Å². The van der Waals surface area contributed by atoms with Gasteiger partial charge in [-0.2, -0.15) is 4.99 Å². The summed E-state index contributed by atoms with van der Waals surface area (Å²) in [7, 11) is -3.30. The molecule has 3 aromatic rings. The van der Waals surface area contributed by atoms with E-state index in [0.717, 1.165) is 22.3 Å². The average Bonchev–Trinajstić information content (AvgIpc) is 2.98. The molecule has 2 aromatic carbocycles. The van der Waals surface area contributed by atoms with E-state index in [1.165, 1.54) is 11.3 Å². The summed E-state index contributed by atoms with van der Waals surface area (Å²) in [4.78, 5) is 17.7. The third-order valence-corrected chi connectivity index (χ3v) is 7.58. The molecule has 27 heavy (non-hydrogen) atoms. The fraction of sp³-hybridized carbons (Fsp3) is 0.300. The van der Waals surface area contributed by atoms with Crippen LogP contribution in [-0.4, -0.2) is 24.1 Å². The third kappa shape index (κ3) is 4.04. The first-order valence-corrected chi connectivity index (χ1v) is 11.2. The van der Waals surface area contributed by atoms with Gasteiger partial charge in [-0.25, -0.2) is 8.42 Å². The van der Waals surface area contributed by atoms with Crippen molar-refractivity contribution in [3.63, 3.8) is 0 Å². The van der Waals surface area contributed by atoms with Crippen LogP contribution in [0.4, 0.5) is 0 Å². The van der Waals surface area contributed by atoms with Crippen LogP contribution in [0.3, 0.4) is 0 Å². The minimum atomic E-state index is -3.30. The number of nitrogens with zero attached hydrogens (tertiary/aromatic N) is 2. The number of fused-ring (bicyclic) bond motifs is 1. The average molecular weight is 403 g/mol. The van der Waals surface area contributed by atoms with Crippen molar-refractivity contribution in [1.29, 1.82) is 0 Å². The Morgan fingerprint density at radius 1 is 1.11 bits per heavy atom. The molecular formula is C20H22N2O3S2. The Labute approximate surface area is 162 Å². The molecule has 0 aliphatic rings. The summed E-state index contributed by atoms with van der Waals surface area (Å²) in [5.74, 6) is -0.247. The summed E-state index contributed by atoms with van der Waals surface area (Å²) >= 11 is 1.49. The molecule has 0 N–H and O–H groups in total. The highest BCUT2D eigenvalue weighted by Crippen LogP contribution is 2.18. The number of hydrogen-bond donors (Lipinski definition) is 0. The molecule has 5 nitrogen and oxygen atoms in total. The van der Waals surface area contributed by atoms with E-state index in [0.29, 0.717) is 4.80 Å². The maximum atomic E-state index is 12.4. The quantitative estimate of drug-likeness (QED) is 0.655. The van der Waals surface area contributed by atoms with Gasteiger partial charge in [0.25, 0.3) is 5.91 Å². The molecule has 3 rings (SSSR count). The highest BCUT2D eigenvalue weighted by atomic mass is 32.2. The van der Waals surface area contributed by atoms with Gasteiger partial charge in [-0.3, -0.25) is 4.79 Å². The summed E-state index contributed by atoms with van der Waals surface area (Å²) < 4.78 is 27.5. The van der Waals surface area contributed by atoms with Crippen molar-refractivity contribution in [2.24, 2.45) is 4.99 Å². The topological polar surface area (TPSA) is 68.5 Å². The zero-order chi connectivity index (χ0) is 19.6. The highest BCUT2D eigenvalue weighted by Gasteiger charge is 2.18. The molecule has 0 saturated heterocycles. The van der Waals surface area contributed by atoms with Crippen molar-refractivity contribution in [3.8, 4) is 0 Å². The molecule has 0 saturated carbocycles. The minimum absolute atomic E-state index is 0.139. The predicted octanol–water partition coefficient (Wildman–Crippen LogP) is 3.57. The van der Waals surface area contributed by atoms with Crippen molar-refractivity contribution in [1.82, 2.24) is 4.57 Å². The summed E-state index contributed by atoms with van der Waals surface area (Å²) in [5.41, 5.74) is 1.82. The molecule has 7 heteroatoms. The Kier molecular flexibility index (Phi) is 5.62. The van der Waals surface area contributed by atoms with E-state index in [1.54, 1.807) is 38.1 Å². The first-order chi connectivity index (χ1) is 12.8. The fourth-order valence-corrected chi connectivity index (χ4v) is 4.97. The van der Waals surface area contributed by atoms with E-state index in [4.69, 9.17) is 0 Å². The summed E-state index contributed by atoms with van der Waals surface area (Å²) in [6.45, 7) is 6.06. The number of amides is 1. The zero-order valence-electron chi connectivity index (χ0n) is 15.5. The summed E-state index contributed by atoms with van der Waals surface area (Å²) in [6, 6.07) is 14.5. The predicted molar refractivity (Wildman–Crippen MR) is 109 cm³/mol. The lowest BCUT2D eigenvalue weighted by molar-refractivity contribution is -0.117. The van der Waals surface area contributed by atoms with Gasteiger partial charge >= 0.3 is 0 Å². The van der Waals surface area contributed by atoms with Crippen LogP contribution in [0, 0.1) is 0 Å². The number of hydrogen-bond acceptors (Lipinski definition) is 4. The van der Waals surface area contributed by atoms with Crippen LogP contribution in [-0.2, 0) is 27.6 Å². The molecule has 0 atom stereocenters. The molecule has 0 aliphatic heterocycles. The SMILES string of the molecule is CCn1c(=NC(=O)Cc2ccc(S(=O)(=O)C(C)C)cc2)sc2ccccc21. The Bertz CT molecular complexity index is 1140. The lowest BCUT2D eigenvalue weighted by atomic mass is 10.1. The van der Waals surface area contributed by atoms with Gasteiger partial charge in [0.2, 0.25) is 0 Å². The molecule has 1 amide bonds. The van der Waals surface area contributed by atoms with E-state index in [2.05, 4.69) is 4.99 Å². The first kappa shape index (κ1) is 19.5. The zero-order valence-corrected chi connectivity index (χ0v) is 17.2. The van der Waals surface area contributed by atoms with Gasteiger partial charge < -0.3 is 4.57 Å². The van der Waals surface area contributed by atoms with Gasteiger partial charge in [0.05, 0.1) is 26.8 Å². The Hall–Kier alpha value is -2.25. The van der Waals surface area contributed by atoms with E-state index < -0.39 is 15.1 Å². The number of para-hydroxylation sites is 1. The molecule has 1 heterocycles. The van der Waals surface area contributed by atoms with Crippen LogP contribution in [0.2, 0.25) is 0 Å². The second-order valence-corrected chi connectivity index (χ2v) is 10.0. The number of rotatable bonds is 5. The minimum Gasteiger partial charge on any atom is -0.317 e. The van der Waals surface area contributed by atoms with E-state index >= 15 is 0 Å². The van der Waals surface area contributed by atoms with Crippen molar-refractivity contribution in [3.05, 3.63) is 58.9 Å². The van der Waals surface area contributed by atoms with Crippen LogP contribution >= 0.6 is 11.3 Å². The van der Waals surface area contributed by atoms with Crippen molar-refractivity contribution in [2.45, 2.75) is 43.9 Å². The normalized spacial score (nSPS) is 12.8.